The van der Waals surface area contributed by atoms with Gasteiger partial charge in [-0.1, -0.05) is 19.9 Å². The van der Waals surface area contributed by atoms with Crippen LogP contribution in [0.15, 0.2) is 18.2 Å². The Bertz CT molecular complexity index is 497. The monoisotopic (exact) mass is 294 g/mol. The number of hydrogen-bond acceptors (Lipinski definition) is 5. The Morgan fingerprint density at radius 1 is 1.00 bits per heavy atom. The molecule has 0 saturated carbocycles. The van der Waals surface area contributed by atoms with Crippen LogP contribution in [0.4, 0.5) is 0 Å². The standard InChI is InChI=1S/C16H22O5/c1-16(2,10-14(18)21-5)9-11(17)15-12(19-3)7-6-8-13(15)20-4/h6-8H,9-10H2,1-5H3. The zero-order chi connectivity index (χ0) is 16.0. The van der Waals surface area contributed by atoms with Crippen LogP contribution in [0.25, 0.3) is 0 Å². The average molecular weight is 294 g/mol. The molecule has 0 saturated heterocycles. The molecule has 0 spiro atoms. The highest BCUT2D eigenvalue weighted by Crippen LogP contribution is 2.34. The summed E-state index contributed by atoms with van der Waals surface area (Å²) in [7, 11) is 4.35. The van der Waals surface area contributed by atoms with Crippen molar-refractivity contribution in [3.63, 3.8) is 0 Å². The molecule has 0 fully saturated rings. The minimum atomic E-state index is -0.504. The predicted molar refractivity (Wildman–Crippen MR) is 78.9 cm³/mol. The lowest BCUT2D eigenvalue weighted by molar-refractivity contribution is -0.142. The van der Waals surface area contributed by atoms with E-state index in [1.165, 1.54) is 21.3 Å². The van der Waals surface area contributed by atoms with Crippen LogP contribution in [0.1, 0.15) is 37.0 Å². The molecular formula is C16H22O5. The maximum Gasteiger partial charge on any atom is 0.306 e. The number of esters is 1. The zero-order valence-electron chi connectivity index (χ0n) is 13.2. The van der Waals surface area contributed by atoms with Crippen LogP contribution < -0.4 is 9.47 Å². The SMILES string of the molecule is COC(=O)CC(C)(C)CC(=O)c1c(OC)cccc1OC. The molecule has 1 aromatic rings. The third kappa shape index (κ3) is 4.48. The van der Waals surface area contributed by atoms with Gasteiger partial charge in [0.05, 0.1) is 27.8 Å². The third-order valence-electron chi connectivity index (χ3n) is 3.20. The molecule has 0 heterocycles. The van der Waals surface area contributed by atoms with Gasteiger partial charge in [-0.25, -0.2) is 0 Å². The van der Waals surface area contributed by atoms with Crippen molar-refractivity contribution < 1.29 is 23.8 Å². The average Bonchev–Trinajstić information content (AvgIpc) is 2.44. The Balaban J connectivity index is 3.01. The number of methoxy groups -OCH3 is 3. The van der Waals surface area contributed by atoms with Crippen molar-refractivity contribution in [1.29, 1.82) is 0 Å². The molecule has 0 amide bonds. The quantitative estimate of drug-likeness (QED) is 0.571. The lowest BCUT2D eigenvalue weighted by Gasteiger charge is -2.23. The Hall–Kier alpha value is -2.04. The van der Waals surface area contributed by atoms with Crippen LogP contribution in [0, 0.1) is 5.41 Å². The van der Waals surface area contributed by atoms with Gasteiger partial charge in [0.2, 0.25) is 0 Å². The first-order valence-corrected chi connectivity index (χ1v) is 6.65. The van der Waals surface area contributed by atoms with Crippen molar-refractivity contribution >= 4 is 11.8 Å². The van der Waals surface area contributed by atoms with Crippen LogP contribution in [0.2, 0.25) is 0 Å². The van der Waals surface area contributed by atoms with Gasteiger partial charge in [0.1, 0.15) is 17.1 Å². The Kier molecular flexibility index (Phi) is 5.76. The van der Waals surface area contributed by atoms with Gasteiger partial charge in [-0.3, -0.25) is 9.59 Å². The molecule has 0 aliphatic carbocycles. The van der Waals surface area contributed by atoms with Crippen LogP contribution >= 0.6 is 0 Å². The van der Waals surface area contributed by atoms with Gasteiger partial charge in [-0.15, -0.1) is 0 Å². The largest absolute Gasteiger partial charge is 0.496 e. The van der Waals surface area contributed by atoms with Crippen LogP contribution in [0.5, 0.6) is 11.5 Å². The molecule has 116 valence electrons. The van der Waals surface area contributed by atoms with E-state index in [0.717, 1.165) is 0 Å². The molecule has 0 N–H and O–H groups in total. The first kappa shape index (κ1) is 17.0. The lowest BCUT2D eigenvalue weighted by Crippen LogP contribution is -2.22. The number of ketones is 1. The molecule has 0 aromatic heterocycles. The fraction of sp³-hybridized carbons (Fsp3) is 0.500. The summed E-state index contributed by atoms with van der Waals surface area (Å²) in [5.41, 5.74) is -0.101. The first-order chi connectivity index (χ1) is 9.84. The molecule has 0 bridgehead atoms. The number of ether oxygens (including phenoxy) is 3. The molecule has 0 aliphatic rings. The van der Waals surface area contributed by atoms with E-state index < -0.39 is 5.41 Å². The Labute approximate surface area is 125 Å². The normalized spacial score (nSPS) is 10.9. The van der Waals surface area contributed by atoms with Gasteiger partial charge in [0.15, 0.2) is 5.78 Å². The van der Waals surface area contributed by atoms with E-state index in [4.69, 9.17) is 9.47 Å². The summed E-state index contributed by atoms with van der Waals surface area (Å²) in [6.45, 7) is 3.70. The van der Waals surface area contributed by atoms with Crippen LogP contribution in [-0.2, 0) is 9.53 Å². The van der Waals surface area contributed by atoms with E-state index >= 15 is 0 Å². The van der Waals surface area contributed by atoms with Crippen molar-refractivity contribution in [3.05, 3.63) is 23.8 Å². The van der Waals surface area contributed by atoms with Crippen molar-refractivity contribution in [2.24, 2.45) is 5.41 Å². The molecule has 0 aliphatic heterocycles. The third-order valence-corrected chi connectivity index (χ3v) is 3.20. The van der Waals surface area contributed by atoms with Crippen LogP contribution in [-0.4, -0.2) is 33.1 Å². The maximum absolute atomic E-state index is 12.6. The zero-order valence-corrected chi connectivity index (χ0v) is 13.2. The van der Waals surface area contributed by atoms with Gasteiger partial charge in [0.25, 0.3) is 0 Å². The molecule has 1 rings (SSSR count). The highest BCUT2D eigenvalue weighted by atomic mass is 16.5. The van der Waals surface area contributed by atoms with Crippen molar-refractivity contribution in [2.75, 3.05) is 21.3 Å². The van der Waals surface area contributed by atoms with Crippen molar-refractivity contribution in [1.82, 2.24) is 0 Å². The predicted octanol–water partition coefficient (Wildman–Crippen LogP) is 2.87. The number of rotatable bonds is 7. The van der Waals surface area contributed by atoms with Gasteiger partial charge in [0, 0.05) is 6.42 Å². The van der Waals surface area contributed by atoms with Gasteiger partial charge in [-0.2, -0.15) is 0 Å². The second-order valence-corrected chi connectivity index (χ2v) is 5.55. The summed E-state index contributed by atoms with van der Waals surface area (Å²) >= 11 is 0. The van der Waals surface area contributed by atoms with Gasteiger partial charge in [-0.05, 0) is 17.5 Å². The maximum atomic E-state index is 12.6. The number of hydrogen-bond donors (Lipinski definition) is 0. The smallest absolute Gasteiger partial charge is 0.306 e. The fourth-order valence-corrected chi connectivity index (χ4v) is 2.17. The molecular weight excluding hydrogens is 272 g/mol. The number of benzene rings is 1. The fourth-order valence-electron chi connectivity index (χ4n) is 2.17. The lowest BCUT2D eigenvalue weighted by atomic mass is 9.82. The summed E-state index contributed by atoms with van der Waals surface area (Å²) in [4.78, 5) is 24.0. The number of carbonyl (C=O) groups is 2. The van der Waals surface area contributed by atoms with Crippen molar-refractivity contribution in [3.8, 4) is 11.5 Å². The minimum absolute atomic E-state index is 0.127. The van der Waals surface area contributed by atoms with Gasteiger partial charge < -0.3 is 14.2 Å². The van der Waals surface area contributed by atoms with Crippen molar-refractivity contribution in [2.45, 2.75) is 26.7 Å². The summed E-state index contributed by atoms with van der Waals surface area (Å²) in [6, 6.07) is 5.18. The molecule has 5 heteroatoms. The Morgan fingerprint density at radius 2 is 1.52 bits per heavy atom. The summed E-state index contributed by atoms with van der Waals surface area (Å²) in [6.07, 6.45) is 0.367. The van der Waals surface area contributed by atoms with E-state index in [1.54, 1.807) is 18.2 Å². The van der Waals surface area contributed by atoms with E-state index in [9.17, 15) is 9.59 Å². The van der Waals surface area contributed by atoms with E-state index in [2.05, 4.69) is 4.74 Å². The highest BCUT2D eigenvalue weighted by molar-refractivity contribution is 6.01. The van der Waals surface area contributed by atoms with E-state index in [1.807, 2.05) is 13.8 Å². The number of carbonyl (C=O) groups excluding carboxylic acids is 2. The summed E-state index contributed by atoms with van der Waals surface area (Å²) in [5.74, 6) is 0.472. The summed E-state index contributed by atoms with van der Waals surface area (Å²) < 4.78 is 15.1. The van der Waals surface area contributed by atoms with E-state index in [0.29, 0.717) is 17.1 Å². The van der Waals surface area contributed by atoms with Crippen LogP contribution in [0.3, 0.4) is 0 Å². The molecule has 0 unspecified atom stereocenters. The molecule has 0 atom stereocenters. The molecule has 5 nitrogen and oxygen atoms in total. The molecule has 21 heavy (non-hydrogen) atoms. The second-order valence-electron chi connectivity index (χ2n) is 5.55. The molecule has 1 aromatic carbocycles. The first-order valence-electron chi connectivity index (χ1n) is 6.65. The Morgan fingerprint density at radius 3 is 1.95 bits per heavy atom. The topological polar surface area (TPSA) is 61.8 Å². The minimum Gasteiger partial charge on any atom is -0.496 e. The second kappa shape index (κ2) is 7.11. The van der Waals surface area contributed by atoms with E-state index in [-0.39, 0.29) is 24.6 Å². The summed E-state index contributed by atoms with van der Waals surface area (Å²) in [5, 5.41) is 0. The highest BCUT2D eigenvalue weighted by Gasteiger charge is 2.29. The molecule has 0 radical (unpaired) electrons. The number of Topliss-reactive ketones (excluding diaryl/α,β-unsaturated/α-hetero) is 1. The van der Waals surface area contributed by atoms with Gasteiger partial charge >= 0.3 is 5.97 Å².